The first-order valence-electron chi connectivity index (χ1n) is 9.18. The van der Waals surface area contributed by atoms with E-state index in [1.807, 2.05) is 0 Å². The van der Waals surface area contributed by atoms with Gasteiger partial charge in [-0.1, -0.05) is 29.8 Å². The van der Waals surface area contributed by atoms with Gasteiger partial charge in [0.25, 0.3) is 15.7 Å². The van der Waals surface area contributed by atoms with Crippen LogP contribution in [-0.2, 0) is 14.8 Å². The molecule has 0 aliphatic carbocycles. The molecule has 0 atom stereocenters. The highest BCUT2D eigenvalue weighted by atomic mass is 35.5. The Kier molecular flexibility index (Phi) is 6.96. The predicted molar refractivity (Wildman–Crippen MR) is 121 cm³/mol. The van der Waals surface area contributed by atoms with Gasteiger partial charge in [0.15, 0.2) is 0 Å². The molecule has 0 saturated carbocycles. The summed E-state index contributed by atoms with van der Waals surface area (Å²) >= 11 is 5.86. The third kappa shape index (κ3) is 5.16. The van der Waals surface area contributed by atoms with E-state index in [0.717, 1.165) is 10.4 Å². The van der Waals surface area contributed by atoms with E-state index in [-0.39, 0.29) is 27.7 Å². The van der Waals surface area contributed by atoms with Gasteiger partial charge in [0.1, 0.15) is 12.3 Å². The van der Waals surface area contributed by atoms with E-state index in [1.165, 1.54) is 43.5 Å². The van der Waals surface area contributed by atoms with Gasteiger partial charge in [-0.15, -0.1) is 0 Å². The number of hydrogen-bond donors (Lipinski definition) is 1. The first-order chi connectivity index (χ1) is 15.2. The highest BCUT2D eigenvalue weighted by Gasteiger charge is 2.27. The number of anilines is 2. The third-order valence-corrected chi connectivity index (χ3v) is 6.44. The van der Waals surface area contributed by atoms with E-state index in [4.69, 9.17) is 16.3 Å². The zero-order valence-corrected chi connectivity index (χ0v) is 18.3. The summed E-state index contributed by atoms with van der Waals surface area (Å²) in [6, 6.07) is 17.4. The Bertz CT molecular complexity index is 1230. The normalized spacial score (nSPS) is 10.9. The van der Waals surface area contributed by atoms with E-state index < -0.39 is 27.4 Å². The average molecular weight is 476 g/mol. The van der Waals surface area contributed by atoms with E-state index in [0.29, 0.717) is 5.02 Å². The van der Waals surface area contributed by atoms with Crippen molar-refractivity contribution >= 4 is 44.6 Å². The topological polar surface area (TPSA) is 119 Å². The molecule has 166 valence electrons. The van der Waals surface area contributed by atoms with E-state index in [9.17, 15) is 23.3 Å². The van der Waals surface area contributed by atoms with Crippen LogP contribution in [0.25, 0.3) is 0 Å². The van der Waals surface area contributed by atoms with E-state index in [2.05, 4.69) is 5.32 Å². The number of hydrogen-bond acceptors (Lipinski definition) is 6. The number of ether oxygens (including phenoxy) is 1. The summed E-state index contributed by atoms with van der Waals surface area (Å²) < 4.78 is 32.7. The van der Waals surface area contributed by atoms with Crippen LogP contribution in [0.2, 0.25) is 5.02 Å². The van der Waals surface area contributed by atoms with Crippen molar-refractivity contribution in [1.82, 2.24) is 0 Å². The standard InChI is InChI=1S/C21H18ClN3O6S/c1-31-20-12-9-17(25(27)28)13-19(20)23-21(26)14-24(16-5-3-2-4-6-16)32(29,30)18-10-7-15(22)8-11-18/h2-13H,14H2,1H3,(H,23,26). The number of amides is 1. The number of nitrogens with one attached hydrogen (secondary N) is 1. The number of para-hydroxylation sites is 1. The Morgan fingerprint density at radius 3 is 2.34 bits per heavy atom. The van der Waals surface area contributed by atoms with Crippen LogP contribution in [0.15, 0.2) is 77.7 Å². The fourth-order valence-corrected chi connectivity index (χ4v) is 4.42. The summed E-state index contributed by atoms with van der Waals surface area (Å²) in [5, 5.41) is 13.9. The van der Waals surface area contributed by atoms with Crippen molar-refractivity contribution < 1.29 is 22.9 Å². The number of non-ortho nitro benzene ring substituents is 1. The molecule has 3 aromatic carbocycles. The number of methoxy groups -OCH3 is 1. The van der Waals surface area contributed by atoms with Crippen molar-refractivity contribution in [3.8, 4) is 5.75 Å². The number of nitro benzene ring substituents is 1. The van der Waals surface area contributed by atoms with Gasteiger partial charge in [-0.25, -0.2) is 8.42 Å². The molecule has 0 unspecified atom stereocenters. The van der Waals surface area contributed by atoms with Crippen LogP contribution in [-0.4, -0.2) is 32.9 Å². The van der Waals surface area contributed by atoms with E-state index in [1.54, 1.807) is 30.3 Å². The largest absolute Gasteiger partial charge is 0.495 e. The lowest BCUT2D eigenvalue weighted by Gasteiger charge is -2.24. The Morgan fingerprint density at radius 2 is 1.75 bits per heavy atom. The minimum absolute atomic E-state index is 0.0450. The van der Waals surface area contributed by atoms with Gasteiger partial charge in [0, 0.05) is 17.2 Å². The monoisotopic (exact) mass is 475 g/mol. The van der Waals surface area contributed by atoms with Gasteiger partial charge in [-0.2, -0.15) is 0 Å². The second kappa shape index (κ2) is 9.67. The highest BCUT2D eigenvalue weighted by molar-refractivity contribution is 7.92. The lowest BCUT2D eigenvalue weighted by Crippen LogP contribution is -2.38. The number of carbonyl (C=O) groups excluding carboxylic acids is 1. The first-order valence-corrected chi connectivity index (χ1v) is 11.0. The fourth-order valence-electron chi connectivity index (χ4n) is 2.87. The van der Waals surface area contributed by atoms with Crippen LogP contribution in [0, 0.1) is 10.1 Å². The highest BCUT2D eigenvalue weighted by Crippen LogP contribution is 2.29. The smallest absolute Gasteiger partial charge is 0.271 e. The van der Waals surface area contributed by atoms with Gasteiger partial charge < -0.3 is 10.1 Å². The maximum atomic E-state index is 13.3. The molecule has 0 aromatic heterocycles. The second-order valence-corrected chi connectivity index (χ2v) is 8.79. The maximum absolute atomic E-state index is 13.3. The Hall–Kier alpha value is -3.63. The van der Waals surface area contributed by atoms with Crippen molar-refractivity contribution in [1.29, 1.82) is 0 Å². The Balaban J connectivity index is 1.94. The summed E-state index contributed by atoms with van der Waals surface area (Å²) in [6.07, 6.45) is 0. The molecule has 32 heavy (non-hydrogen) atoms. The van der Waals surface area contributed by atoms with Crippen molar-refractivity contribution in [2.45, 2.75) is 4.90 Å². The van der Waals surface area contributed by atoms with Gasteiger partial charge >= 0.3 is 0 Å². The van der Waals surface area contributed by atoms with Gasteiger partial charge in [-0.05, 0) is 42.5 Å². The maximum Gasteiger partial charge on any atom is 0.271 e. The van der Waals surface area contributed by atoms with Crippen LogP contribution in [0.4, 0.5) is 17.1 Å². The molecular weight excluding hydrogens is 458 g/mol. The van der Waals surface area contributed by atoms with Gasteiger partial charge in [0.2, 0.25) is 5.91 Å². The van der Waals surface area contributed by atoms with Crippen LogP contribution >= 0.6 is 11.6 Å². The minimum Gasteiger partial charge on any atom is -0.495 e. The molecule has 3 aromatic rings. The SMILES string of the molecule is COc1ccc([N+](=O)[O-])cc1NC(=O)CN(c1ccccc1)S(=O)(=O)c1ccc(Cl)cc1. The Morgan fingerprint density at radius 1 is 1.09 bits per heavy atom. The average Bonchev–Trinajstić information content (AvgIpc) is 2.78. The lowest BCUT2D eigenvalue weighted by atomic mass is 10.2. The predicted octanol–water partition coefficient (Wildman–Crippen LogP) is 4.09. The molecule has 1 amide bonds. The number of halogens is 1. The molecule has 0 aliphatic rings. The minimum atomic E-state index is -4.12. The van der Waals surface area contributed by atoms with Crippen molar-refractivity contribution in [3.63, 3.8) is 0 Å². The summed E-state index contributed by atoms with van der Waals surface area (Å²) in [6.45, 7) is -0.583. The molecule has 0 heterocycles. The van der Waals surface area contributed by atoms with Crippen molar-refractivity contribution in [3.05, 3.63) is 87.9 Å². The number of sulfonamides is 1. The van der Waals surface area contributed by atoms with Gasteiger partial charge in [0.05, 0.1) is 28.3 Å². The van der Waals surface area contributed by atoms with E-state index >= 15 is 0 Å². The quantitative estimate of drug-likeness (QED) is 0.387. The number of benzene rings is 3. The van der Waals surface area contributed by atoms with Crippen LogP contribution in [0.5, 0.6) is 5.75 Å². The number of rotatable bonds is 8. The zero-order chi connectivity index (χ0) is 23.3. The summed E-state index contributed by atoms with van der Waals surface area (Å²) in [7, 11) is -2.78. The molecule has 9 nitrogen and oxygen atoms in total. The van der Waals surface area contributed by atoms with Crippen LogP contribution in [0.3, 0.4) is 0 Å². The molecule has 0 aliphatic heterocycles. The number of nitrogens with zero attached hydrogens (tertiary/aromatic N) is 2. The van der Waals surface area contributed by atoms with Crippen molar-refractivity contribution in [2.75, 3.05) is 23.3 Å². The summed E-state index contributed by atoms with van der Waals surface area (Å²) in [4.78, 5) is 23.2. The summed E-state index contributed by atoms with van der Waals surface area (Å²) in [5.74, 6) is -0.527. The number of carbonyl (C=O) groups is 1. The molecule has 3 rings (SSSR count). The molecule has 1 N–H and O–H groups in total. The zero-order valence-electron chi connectivity index (χ0n) is 16.8. The first kappa shape index (κ1) is 23.0. The van der Waals surface area contributed by atoms with Crippen LogP contribution < -0.4 is 14.4 Å². The molecule has 0 saturated heterocycles. The molecule has 0 fully saturated rings. The summed E-state index contributed by atoms with van der Waals surface area (Å²) in [5.41, 5.74) is 0.0574. The number of nitro groups is 1. The molecular formula is C21H18ClN3O6S. The second-order valence-electron chi connectivity index (χ2n) is 6.49. The Labute approximate surface area is 189 Å². The third-order valence-electron chi connectivity index (χ3n) is 4.40. The fraction of sp³-hybridized carbons (Fsp3) is 0.0952. The lowest BCUT2D eigenvalue weighted by molar-refractivity contribution is -0.384. The van der Waals surface area contributed by atoms with Crippen LogP contribution in [0.1, 0.15) is 0 Å². The molecule has 0 radical (unpaired) electrons. The van der Waals surface area contributed by atoms with Crippen molar-refractivity contribution in [2.24, 2.45) is 0 Å². The molecule has 0 bridgehead atoms. The molecule has 0 spiro atoms. The molecule has 11 heteroatoms. The van der Waals surface area contributed by atoms with Gasteiger partial charge in [-0.3, -0.25) is 19.2 Å².